The van der Waals surface area contributed by atoms with Gasteiger partial charge in [-0.2, -0.15) is 0 Å². The van der Waals surface area contributed by atoms with E-state index >= 15 is 0 Å². The first-order chi connectivity index (χ1) is 13.9. The van der Waals surface area contributed by atoms with Gasteiger partial charge >= 0.3 is 0 Å². The molecule has 0 bridgehead atoms. The molecule has 146 valence electrons. The van der Waals surface area contributed by atoms with Gasteiger partial charge in [-0.3, -0.25) is 9.59 Å². The summed E-state index contributed by atoms with van der Waals surface area (Å²) in [6.45, 7) is 3.66. The highest BCUT2D eigenvalue weighted by Crippen LogP contribution is 2.55. The zero-order valence-corrected chi connectivity index (χ0v) is 15.9. The maximum atomic E-state index is 13.1. The normalized spacial score (nSPS) is 31.0. The fourth-order valence-corrected chi connectivity index (χ4v) is 4.71. The summed E-state index contributed by atoms with van der Waals surface area (Å²) >= 11 is 0. The Labute approximate surface area is 167 Å². The largest absolute Gasteiger partial charge is 0.449 e. The molecule has 2 aromatic carbocycles. The van der Waals surface area contributed by atoms with Crippen LogP contribution in [0.15, 0.2) is 59.9 Å². The Morgan fingerprint density at radius 1 is 0.862 bits per heavy atom. The Kier molecular flexibility index (Phi) is 3.12. The molecule has 1 fully saturated rings. The lowest BCUT2D eigenvalue weighted by Crippen LogP contribution is -2.53. The van der Waals surface area contributed by atoms with Gasteiger partial charge in [0.25, 0.3) is 5.79 Å². The van der Waals surface area contributed by atoms with Crippen molar-refractivity contribution in [3.63, 3.8) is 0 Å². The van der Waals surface area contributed by atoms with Crippen LogP contribution in [0.1, 0.15) is 52.7 Å². The van der Waals surface area contributed by atoms with Crippen molar-refractivity contribution >= 4 is 11.6 Å². The third-order valence-corrected chi connectivity index (χ3v) is 5.91. The summed E-state index contributed by atoms with van der Waals surface area (Å²) < 4.78 is 24.8. The molecule has 1 spiro atoms. The van der Waals surface area contributed by atoms with E-state index in [-0.39, 0.29) is 23.7 Å². The maximum absolute atomic E-state index is 13.1. The van der Waals surface area contributed by atoms with Crippen LogP contribution in [0.2, 0.25) is 0 Å². The number of benzene rings is 2. The lowest BCUT2D eigenvalue weighted by Gasteiger charge is -2.41. The molecule has 3 atom stereocenters. The van der Waals surface area contributed by atoms with Crippen molar-refractivity contribution in [2.24, 2.45) is 0 Å². The standard InChI is InChI=1S/C23H18O6/c1-22(2)27-20-14-9-5-6-10-16(14)26-23(21(20)29-22)11-15-17(24)12-7-3-4-8-13(12)18(25)19(15)28-23/h3-10,20-21H,11H2,1-2H3/t20-,21-,23+/m1/s1. The highest BCUT2D eigenvalue weighted by Gasteiger charge is 2.64. The molecule has 3 aliphatic heterocycles. The van der Waals surface area contributed by atoms with Gasteiger partial charge < -0.3 is 18.9 Å². The van der Waals surface area contributed by atoms with Gasteiger partial charge in [-0.1, -0.05) is 42.5 Å². The fraction of sp³-hybridized carbons (Fsp3) is 0.304. The van der Waals surface area contributed by atoms with Gasteiger partial charge in [0, 0.05) is 16.7 Å². The number of para-hydroxylation sites is 1. The molecule has 6 nitrogen and oxygen atoms in total. The van der Waals surface area contributed by atoms with E-state index in [1.807, 2.05) is 38.1 Å². The number of carbonyl (C=O) groups excluding carboxylic acids is 2. The molecule has 0 aromatic heterocycles. The quantitative estimate of drug-likeness (QED) is 0.683. The zero-order chi connectivity index (χ0) is 20.0. The first-order valence-corrected chi connectivity index (χ1v) is 9.63. The number of allylic oxidation sites excluding steroid dienone is 1. The molecule has 3 heterocycles. The van der Waals surface area contributed by atoms with E-state index in [9.17, 15) is 9.59 Å². The smallest absolute Gasteiger partial charge is 0.284 e. The van der Waals surface area contributed by atoms with Gasteiger partial charge in [0.15, 0.2) is 23.4 Å². The SMILES string of the molecule is CC1(C)O[C@@H]2c3ccccc3O[C@]3(CC4=C(O3)C(=O)c3ccccc3C4=O)[C@@H]2O1. The molecular weight excluding hydrogens is 372 g/mol. The van der Waals surface area contributed by atoms with Crippen LogP contribution in [-0.2, 0) is 14.2 Å². The van der Waals surface area contributed by atoms with E-state index in [0.717, 1.165) is 5.56 Å². The molecular formula is C23H18O6. The van der Waals surface area contributed by atoms with Crippen LogP contribution in [-0.4, -0.2) is 29.2 Å². The Bertz CT molecular complexity index is 1080. The number of carbonyl (C=O) groups is 2. The molecule has 6 heteroatoms. The second-order valence-electron chi connectivity index (χ2n) is 8.22. The lowest BCUT2D eigenvalue weighted by atomic mass is 9.85. The average molecular weight is 390 g/mol. The van der Waals surface area contributed by atoms with Crippen LogP contribution in [0.5, 0.6) is 5.75 Å². The predicted molar refractivity (Wildman–Crippen MR) is 100 cm³/mol. The minimum Gasteiger partial charge on any atom is -0.449 e. The molecule has 29 heavy (non-hydrogen) atoms. The van der Waals surface area contributed by atoms with Crippen LogP contribution < -0.4 is 4.74 Å². The fourth-order valence-electron chi connectivity index (χ4n) is 4.71. The van der Waals surface area contributed by atoms with Crippen molar-refractivity contribution in [1.29, 1.82) is 0 Å². The summed E-state index contributed by atoms with van der Waals surface area (Å²) in [6, 6.07) is 14.3. The van der Waals surface area contributed by atoms with E-state index in [1.165, 1.54) is 0 Å². The molecule has 1 saturated heterocycles. The topological polar surface area (TPSA) is 71.1 Å². The Balaban J connectivity index is 1.47. The predicted octanol–water partition coefficient (Wildman–Crippen LogP) is 3.72. The van der Waals surface area contributed by atoms with Crippen LogP contribution in [0.25, 0.3) is 0 Å². The molecule has 0 amide bonds. The minimum absolute atomic E-state index is 0.0557. The Hall–Kier alpha value is -2.96. The van der Waals surface area contributed by atoms with E-state index in [1.54, 1.807) is 24.3 Å². The minimum atomic E-state index is -1.33. The van der Waals surface area contributed by atoms with Crippen molar-refractivity contribution in [3.8, 4) is 5.75 Å². The number of hydrogen-bond acceptors (Lipinski definition) is 6. The molecule has 1 aliphatic carbocycles. The van der Waals surface area contributed by atoms with Crippen molar-refractivity contribution in [1.82, 2.24) is 0 Å². The highest BCUT2D eigenvalue weighted by atomic mass is 16.8. The Morgan fingerprint density at radius 3 is 2.34 bits per heavy atom. The Morgan fingerprint density at radius 2 is 1.55 bits per heavy atom. The number of Topliss-reactive ketones (excluding diaryl/α,β-unsaturated/α-hetero) is 2. The molecule has 0 saturated carbocycles. The number of hydrogen-bond donors (Lipinski definition) is 0. The number of rotatable bonds is 0. The first-order valence-electron chi connectivity index (χ1n) is 9.63. The van der Waals surface area contributed by atoms with Crippen LogP contribution in [0.3, 0.4) is 0 Å². The maximum Gasteiger partial charge on any atom is 0.284 e. The third kappa shape index (κ3) is 2.18. The molecule has 0 unspecified atom stereocenters. The summed E-state index contributed by atoms with van der Waals surface area (Å²) in [6.07, 6.45) is -0.929. The highest BCUT2D eigenvalue weighted by molar-refractivity contribution is 6.26. The summed E-state index contributed by atoms with van der Waals surface area (Å²) in [5.74, 6) is -2.03. The third-order valence-electron chi connectivity index (χ3n) is 5.91. The van der Waals surface area contributed by atoms with E-state index < -0.39 is 23.8 Å². The van der Waals surface area contributed by atoms with Crippen LogP contribution in [0, 0.1) is 0 Å². The van der Waals surface area contributed by atoms with Crippen molar-refractivity contribution in [2.45, 2.75) is 44.1 Å². The summed E-state index contributed by atoms with van der Waals surface area (Å²) in [5, 5.41) is 0. The van der Waals surface area contributed by atoms with Crippen LogP contribution in [0.4, 0.5) is 0 Å². The average Bonchev–Trinajstić information content (AvgIpc) is 3.25. The number of ketones is 2. The van der Waals surface area contributed by atoms with Gasteiger partial charge in [0.2, 0.25) is 5.78 Å². The molecule has 6 rings (SSSR count). The molecule has 0 N–H and O–H groups in total. The van der Waals surface area contributed by atoms with Gasteiger partial charge in [0.05, 0.1) is 12.0 Å². The first kappa shape index (κ1) is 16.9. The number of ether oxygens (including phenoxy) is 4. The molecule has 0 radical (unpaired) electrons. The van der Waals surface area contributed by atoms with Crippen molar-refractivity contribution in [2.75, 3.05) is 0 Å². The molecule has 4 aliphatic rings. The van der Waals surface area contributed by atoms with Gasteiger partial charge in [-0.15, -0.1) is 0 Å². The van der Waals surface area contributed by atoms with Crippen molar-refractivity contribution < 1.29 is 28.5 Å². The second kappa shape index (κ2) is 5.34. The van der Waals surface area contributed by atoms with E-state index in [4.69, 9.17) is 18.9 Å². The summed E-state index contributed by atoms with van der Waals surface area (Å²) in [4.78, 5) is 26.2. The monoisotopic (exact) mass is 390 g/mol. The van der Waals surface area contributed by atoms with Crippen molar-refractivity contribution in [3.05, 3.63) is 76.6 Å². The summed E-state index contributed by atoms with van der Waals surface area (Å²) in [5.41, 5.74) is 1.95. The van der Waals surface area contributed by atoms with Crippen LogP contribution >= 0.6 is 0 Å². The molecule has 2 aromatic rings. The number of fused-ring (bicyclic) bond motifs is 5. The lowest BCUT2D eigenvalue weighted by molar-refractivity contribution is -0.234. The summed E-state index contributed by atoms with van der Waals surface area (Å²) in [7, 11) is 0. The van der Waals surface area contributed by atoms with Gasteiger partial charge in [0.1, 0.15) is 11.9 Å². The van der Waals surface area contributed by atoms with Gasteiger partial charge in [-0.25, -0.2) is 0 Å². The van der Waals surface area contributed by atoms with E-state index in [0.29, 0.717) is 22.4 Å². The van der Waals surface area contributed by atoms with Gasteiger partial charge in [-0.05, 0) is 19.9 Å². The van der Waals surface area contributed by atoms with E-state index in [2.05, 4.69) is 0 Å². The second-order valence-corrected chi connectivity index (χ2v) is 8.22. The zero-order valence-electron chi connectivity index (χ0n) is 15.9.